The first-order valence-electron chi connectivity index (χ1n) is 9.70. The number of aromatic nitrogens is 5. The first-order chi connectivity index (χ1) is 13.6. The van der Waals surface area contributed by atoms with Crippen molar-refractivity contribution in [1.29, 1.82) is 0 Å². The molecule has 1 fully saturated rings. The van der Waals surface area contributed by atoms with E-state index in [9.17, 15) is 4.79 Å². The molecule has 8 heteroatoms. The number of nitrogens with one attached hydrogen (secondary N) is 1. The Bertz CT molecular complexity index is 1000. The number of halogens is 1. The summed E-state index contributed by atoms with van der Waals surface area (Å²) in [7, 11) is 0. The monoisotopic (exact) mass is 398 g/mol. The predicted octanol–water partition coefficient (Wildman–Crippen LogP) is 4.22. The maximum atomic E-state index is 12.9. The van der Waals surface area contributed by atoms with Gasteiger partial charge in [0.1, 0.15) is 5.82 Å². The number of hydrogen-bond acceptors (Lipinski definition) is 4. The van der Waals surface area contributed by atoms with Gasteiger partial charge in [0.25, 0.3) is 5.91 Å². The van der Waals surface area contributed by atoms with Gasteiger partial charge in [-0.25, -0.2) is 9.67 Å². The molecule has 0 aliphatic heterocycles. The van der Waals surface area contributed by atoms with E-state index in [0.29, 0.717) is 28.9 Å². The van der Waals surface area contributed by atoms with Gasteiger partial charge in [0.05, 0.1) is 28.3 Å². The summed E-state index contributed by atoms with van der Waals surface area (Å²) in [5, 5.41) is 12.4. The van der Waals surface area contributed by atoms with E-state index in [4.69, 9.17) is 11.6 Å². The van der Waals surface area contributed by atoms with Gasteiger partial charge < -0.3 is 5.32 Å². The Hall–Kier alpha value is -2.67. The van der Waals surface area contributed by atoms with Gasteiger partial charge in [0.2, 0.25) is 5.82 Å². The van der Waals surface area contributed by atoms with Gasteiger partial charge >= 0.3 is 0 Å². The molecule has 28 heavy (non-hydrogen) atoms. The highest BCUT2D eigenvalue weighted by Gasteiger charge is 2.31. The molecule has 1 aliphatic carbocycles. The second-order valence-corrected chi connectivity index (χ2v) is 7.37. The van der Waals surface area contributed by atoms with Crippen molar-refractivity contribution in [3.05, 3.63) is 52.8 Å². The molecule has 7 nitrogen and oxygen atoms in total. The topological polar surface area (TPSA) is 77.6 Å². The van der Waals surface area contributed by atoms with E-state index in [0.717, 1.165) is 37.2 Å². The molecule has 146 valence electrons. The Balaban J connectivity index is 1.62. The summed E-state index contributed by atoms with van der Waals surface area (Å²) in [4.78, 5) is 17.3. The molecule has 1 aliphatic rings. The Morgan fingerprint density at radius 1 is 1.29 bits per heavy atom. The minimum Gasteiger partial charge on any atom is -0.316 e. The molecule has 0 atom stereocenters. The highest BCUT2D eigenvalue weighted by Crippen LogP contribution is 2.43. The highest BCUT2D eigenvalue weighted by atomic mass is 35.5. The third-order valence-corrected chi connectivity index (χ3v) is 5.12. The van der Waals surface area contributed by atoms with Gasteiger partial charge in [0, 0.05) is 18.9 Å². The van der Waals surface area contributed by atoms with Gasteiger partial charge in [-0.15, -0.1) is 5.10 Å². The number of anilines is 1. The zero-order valence-electron chi connectivity index (χ0n) is 16.0. The van der Waals surface area contributed by atoms with Crippen LogP contribution in [-0.4, -0.2) is 30.5 Å². The van der Waals surface area contributed by atoms with Crippen molar-refractivity contribution in [3.8, 4) is 5.69 Å². The van der Waals surface area contributed by atoms with E-state index in [1.807, 2.05) is 29.8 Å². The highest BCUT2D eigenvalue weighted by molar-refractivity contribution is 6.32. The van der Waals surface area contributed by atoms with Gasteiger partial charge in [-0.1, -0.05) is 37.6 Å². The molecule has 1 N–H and O–H groups in total. The lowest BCUT2D eigenvalue weighted by Gasteiger charge is -2.08. The smallest absolute Gasteiger partial charge is 0.295 e. The second kappa shape index (κ2) is 7.75. The van der Waals surface area contributed by atoms with Crippen LogP contribution in [0.1, 0.15) is 61.2 Å². The molecule has 1 aromatic carbocycles. The average molecular weight is 399 g/mol. The zero-order valence-corrected chi connectivity index (χ0v) is 16.8. The number of carbonyl (C=O) groups is 1. The van der Waals surface area contributed by atoms with Crippen LogP contribution >= 0.6 is 11.6 Å². The Morgan fingerprint density at radius 3 is 2.75 bits per heavy atom. The molecular formula is C20H23ClN6O. The summed E-state index contributed by atoms with van der Waals surface area (Å²) < 4.78 is 3.64. The molecule has 4 rings (SSSR count). The number of carbonyl (C=O) groups excluding carboxylic acids is 1. The minimum atomic E-state index is -0.335. The second-order valence-electron chi connectivity index (χ2n) is 6.96. The van der Waals surface area contributed by atoms with Crippen LogP contribution in [0, 0.1) is 0 Å². The van der Waals surface area contributed by atoms with Crippen LogP contribution in [0.5, 0.6) is 0 Å². The number of para-hydroxylation sites is 1. The Kier molecular flexibility index (Phi) is 5.17. The van der Waals surface area contributed by atoms with Gasteiger partial charge in [-0.2, -0.15) is 5.10 Å². The number of amides is 1. The van der Waals surface area contributed by atoms with Crippen LogP contribution < -0.4 is 5.32 Å². The molecule has 2 heterocycles. The number of aryl methyl sites for hydroxylation is 2. The first kappa shape index (κ1) is 18.7. The summed E-state index contributed by atoms with van der Waals surface area (Å²) in [6.45, 7) is 4.94. The zero-order chi connectivity index (χ0) is 19.7. The summed E-state index contributed by atoms with van der Waals surface area (Å²) in [5.74, 6) is 0.951. The van der Waals surface area contributed by atoms with Gasteiger partial charge in [-0.3, -0.25) is 9.48 Å². The third kappa shape index (κ3) is 3.54. The molecule has 0 spiro atoms. The molecule has 0 radical (unpaired) electrons. The van der Waals surface area contributed by atoms with E-state index in [2.05, 4.69) is 27.4 Å². The quantitative estimate of drug-likeness (QED) is 0.646. The van der Waals surface area contributed by atoms with Crippen LogP contribution in [0.3, 0.4) is 0 Å². The van der Waals surface area contributed by atoms with Crippen LogP contribution in [0.25, 0.3) is 5.69 Å². The van der Waals surface area contributed by atoms with Gasteiger partial charge in [-0.05, 0) is 31.4 Å². The van der Waals surface area contributed by atoms with Crippen molar-refractivity contribution in [2.45, 2.75) is 52.0 Å². The van der Waals surface area contributed by atoms with Gasteiger partial charge in [0.15, 0.2) is 0 Å². The Labute approximate surface area is 168 Å². The third-order valence-electron chi connectivity index (χ3n) is 4.80. The fourth-order valence-electron chi connectivity index (χ4n) is 3.33. The molecule has 0 saturated heterocycles. The van der Waals surface area contributed by atoms with E-state index >= 15 is 0 Å². The summed E-state index contributed by atoms with van der Waals surface area (Å²) in [6.07, 6.45) is 5.63. The minimum absolute atomic E-state index is 0.127. The molecule has 1 saturated carbocycles. The van der Waals surface area contributed by atoms with E-state index < -0.39 is 0 Å². The lowest BCUT2D eigenvalue weighted by Crippen LogP contribution is -2.15. The van der Waals surface area contributed by atoms with E-state index in [1.54, 1.807) is 16.9 Å². The Morgan fingerprint density at radius 2 is 2.07 bits per heavy atom. The average Bonchev–Trinajstić information content (AvgIpc) is 3.31. The van der Waals surface area contributed by atoms with E-state index in [1.165, 1.54) is 0 Å². The van der Waals surface area contributed by atoms with Crippen LogP contribution in [0.2, 0.25) is 5.02 Å². The van der Waals surface area contributed by atoms with Crippen LogP contribution in [0.4, 0.5) is 5.69 Å². The molecule has 0 unspecified atom stereocenters. The number of nitrogens with zero attached hydrogens (tertiary/aromatic N) is 5. The fourth-order valence-corrected chi connectivity index (χ4v) is 3.55. The lowest BCUT2D eigenvalue weighted by molar-refractivity contribution is 0.101. The first-order valence-corrected chi connectivity index (χ1v) is 10.1. The molecule has 3 aromatic rings. The van der Waals surface area contributed by atoms with Crippen molar-refractivity contribution in [2.24, 2.45) is 0 Å². The van der Waals surface area contributed by atoms with Crippen LogP contribution in [0.15, 0.2) is 30.5 Å². The standard InChI is InChI=1S/C20H23ClN6O/c1-3-11-26-18(13-9-10-13)15(12-22-26)23-20(28)19-24-17(4-2)27(25-19)16-8-6-5-7-14(16)21/h5-8,12-13H,3-4,9-11H2,1-2H3,(H,23,28). The fraction of sp³-hybridized carbons (Fsp3) is 0.400. The molecule has 0 bridgehead atoms. The van der Waals surface area contributed by atoms with Crippen molar-refractivity contribution in [3.63, 3.8) is 0 Å². The summed E-state index contributed by atoms with van der Waals surface area (Å²) >= 11 is 6.30. The largest absolute Gasteiger partial charge is 0.316 e. The number of benzene rings is 1. The molecule has 2 aromatic heterocycles. The maximum absolute atomic E-state index is 12.9. The summed E-state index contributed by atoms with van der Waals surface area (Å²) in [5.41, 5.74) is 2.58. The van der Waals surface area contributed by atoms with Crippen LogP contribution in [-0.2, 0) is 13.0 Å². The number of hydrogen-bond donors (Lipinski definition) is 1. The molecule has 1 amide bonds. The maximum Gasteiger partial charge on any atom is 0.295 e. The van der Waals surface area contributed by atoms with Crippen molar-refractivity contribution >= 4 is 23.2 Å². The predicted molar refractivity (Wildman–Crippen MR) is 108 cm³/mol. The molecular weight excluding hydrogens is 376 g/mol. The number of rotatable bonds is 7. The normalized spacial score (nSPS) is 13.7. The van der Waals surface area contributed by atoms with Crippen molar-refractivity contribution < 1.29 is 4.79 Å². The van der Waals surface area contributed by atoms with Crippen molar-refractivity contribution in [2.75, 3.05) is 5.32 Å². The van der Waals surface area contributed by atoms with Crippen molar-refractivity contribution in [1.82, 2.24) is 24.5 Å². The summed E-state index contributed by atoms with van der Waals surface area (Å²) in [6, 6.07) is 7.39. The van der Waals surface area contributed by atoms with E-state index in [-0.39, 0.29) is 11.7 Å². The SMILES string of the molecule is CCCn1ncc(NC(=O)c2nc(CC)n(-c3ccccc3Cl)n2)c1C1CC1. The lowest BCUT2D eigenvalue weighted by atomic mass is 10.2.